The van der Waals surface area contributed by atoms with Gasteiger partial charge < -0.3 is 9.64 Å². The van der Waals surface area contributed by atoms with Crippen molar-refractivity contribution in [2.75, 3.05) is 13.1 Å². The van der Waals surface area contributed by atoms with Crippen LogP contribution in [-0.4, -0.2) is 35.0 Å². The molecular weight excluding hydrogens is 390 g/mol. The van der Waals surface area contributed by atoms with Crippen LogP contribution in [0.15, 0.2) is 42.5 Å². The molecule has 150 valence electrons. The number of carbonyl (C=O) groups excluding carboxylic acids is 1. The summed E-state index contributed by atoms with van der Waals surface area (Å²) < 4.78 is 81.4. The quantitative estimate of drug-likeness (QED) is 0.725. The first-order chi connectivity index (χ1) is 13.0. The van der Waals surface area contributed by atoms with Crippen LogP contribution in [0.3, 0.4) is 0 Å². The number of amides is 1. The summed E-state index contributed by atoms with van der Waals surface area (Å²) in [6.07, 6.45) is -9.82. The Morgan fingerprint density at radius 2 is 1.71 bits per heavy atom. The van der Waals surface area contributed by atoms with E-state index in [9.17, 15) is 31.1 Å². The smallest absolute Gasteiger partial charge is 0.433 e. The van der Waals surface area contributed by atoms with Gasteiger partial charge in [0.2, 0.25) is 11.8 Å². The minimum absolute atomic E-state index is 0.121. The Morgan fingerprint density at radius 3 is 2.36 bits per heavy atom. The van der Waals surface area contributed by atoms with Crippen molar-refractivity contribution < 1.29 is 35.9 Å². The van der Waals surface area contributed by atoms with E-state index < -0.39 is 35.6 Å². The Bertz CT molecular complexity index is 860. The largest absolute Gasteiger partial charge is 0.471 e. The summed E-state index contributed by atoms with van der Waals surface area (Å²) in [6, 6.07) is 7.75. The number of rotatable bonds is 4. The number of carbonyl (C=O) groups is 1. The predicted molar refractivity (Wildman–Crippen MR) is 85.4 cm³/mol. The molecule has 0 spiro atoms. The first-order valence-corrected chi connectivity index (χ1v) is 8.17. The fourth-order valence-electron chi connectivity index (χ4n) is 2.67. The number of hydrogen-bond acceptors (Lipinski definition) is 3. The Balaban J connectivity index is 1.54. The van der Waals surface area contributed by atoms with Gasteiger partial charge in [0.1, 0.15) is 11.8 Å². The van der Waals surface area contributed by atoms with E-state index in [0.717, 1.165) is 18.2 Å². The van der Waals surface area contributed by atoms with Crippen molar-refractivity contribution >= 4 is 5.91 Å². The Labute approximate surface area is 155 Å². The summed E-state index contributed by atoms with van der Waals surface area (Å²) >= 11 is 0. The summed E-state index contributed by atoms with van der Waals surface area (Å²) in [7, 11) is 0. The maximum atomic E-state index is 12.7. The van der Waals surface area contributed by atoms with Crippen LogP contribution >= 0.6 is 0 Å². The number of ether oxygens (including phenoxy) is 1. The number of benzene rings is 1. The van der Waals surface area contributed by atoms with E-state index in [-0.39, 0.29) is 31.0 Å². The zero-order valence-electron chi connectivity index (χ0n) is 14.2. The van der Waals surface area contributed by atoms with E-state index >= 15 is 0 Å². The SMILES string of the molecule is O=C(Cc1cccc(C(F)(F)F)c1)N1CC(Oc2cccc(C(F)(F)F)n2)C1. The van der Waals surface area contributed by atoms with Gasteiger partial charge in [-0.05, 0) is 17.7 Å². The van der Waals surface area contributed by atoms with Crippen LogP contribution in [0, 0.1) is 0 Å². The summed E-state index contributed by atoms with van der Waals surface area (Å²) in [5.74, 6) is -0.596. The number of likely N-dealkylation sites (tertiary alicyclic amines) is 1. The molecule has 1 fully saturated rings. The lowest BCUT2D eigenvalue weighted by Gasteiger charge is -2.38. The van der Waals surface area contributed by atoms with E-state index in [2.05, 4.69) is 4.98 Å². The molecule has 0 saturated carbocycles. The lowest BCUT2D eigenvalue weighted by molar-refractivity contribution is -0.142. The highest BCUT2D eigenvalue weighted by Crippen LogP contribution is 2.30. The molecule has 1 aromatic heterocycles. The zero-order valence-corrected chi connectivity index (χ0v) is 14.2. The molecule has 1 aromatic carbocycles. The van der Waals surface area contributed by atoms with Gasteiger partial charge in [-0.25, -0.2) is 4.98 Å². The Hall–Kier alpha value is -2.78. The molecule has 10 heteroatoms. The van der Waals surface area contributed by atoms with E-state index in [0.29, 0.717) is 0 Å². The normalized spacial score (nSPS) is 15.3. The highest BCUT2D eigenvalue weighted by molar-refractivity contribution is 5.79. The van der Waals surface area contributed by atoms with Gasteiger partial charge in [0, 0.05) is 6.07 Å². The second kappa shape index (κ2) is 7.33. The van der Waals surface area contributed by atoms with E-state index in [4.69, 9.17) is 4.74 Å². The second-order valence-corrected chi connectivity index (χ2v) is 6.27. The van der Waals surface area contributed by atoms with Gasteiger partial charge in [-0.2, -0.15) is 26.3 Å². The van der Waals surface area contributed by atoms with Crippen LogP contribution in [0.25, 0.3) is 0 Å². The Kier molecular flexibility index (Phi) is 5.22. The zero-order chi connectivity index (χ0) is 20.5. The molecule has 2 aromatic rings. The molecule has 4 nitrogen and oxygen atoms in total. The average Bonchev–Trinajstić information content (AvgIpc) is 2.56. The second-order valence-electron chi connectivity index (χ2n) is 6.27. The minimum atomic E-state index is -4.59. The fourth-order valence-corrected chi connectivity index (χ4v) is 2.67. The van der Waals surface area contributed by atoms with Crippen molar-refractivity contribution in [3.05, 3.63) is 59.3 Å². The molecule has 0 atom stereocenters. The van der Waals surface area contributed by atoms with Gasteiger partial charge in [-0.1, -0.05) is 24.3 Å². The predicted octanol–water partition coefficient (Wildman–Crippen LogP) is 3.95. The highest BCUT2D eigenvalue weighted by Gasteiger charge is 2.35. The van der Waals surface area contributed by atoms with Gasteiger partial charge in [-0.3, -0.25) is 4.79 Å². The molecule has 3 rings (SSSR count). The van der Waals surface area contributed by atoms with Crippen molar-refractivity contribution in [3.63, 3.8) is 0 Å². The fraction of sp³-hybridized carbons (Fsp3) is 0.333. The van der Waals surface area contributed by atoms with Crippen LogP contribution in [0.2, 0.25) is 0 Å². The highest BCUT2D eigenvalue weighted by atomic mass is 19.4. The first-order valence-electron chi connectivity index (χ1n) is 8.17. The molecular formula is C18H14F6N2O2. The van der Waals surface area contributed by atoms with Crippen LogP contribution in [-0.2, 0) is 23.6 Å². The summed E-state index contributed by atoms with van der Waals surface area (Å²) in [6.45, 7) is 0.242. The number of hydrogen-bond donors (Lipinski definition) is 0. The summed E-state index contributed by atoms with van der Waals surface area (Å²) in [5, 5.41) is 0. The van der Waals surface area contributed by atoms with Crippen LogP contribution in [0.5, 0.6) is 5.88 Å². The monoisotopic (exact) mass is 404 g/mol. The van der Waals surface area contributed by atoms with Gasteiger partial charge >= 0.3 is 12.4 Å². The lowest BCUT2D eigenvalue weighted by atomic mass is 10.1. The van der Waals surface area contributed by atoms with Crippen LogP contribution in [0.4, 0.5) is 26.3 Å². The van der Waals surface area contributed by atoms with Crippen molar-refractivity contribution in [1.29, 1.82) is 0 Å². The van der Waals surface area contributed by atoms with E-state index in [1.54, 1.807) is 0 Å². The molecule has 2 heterocycles. The van der Waals surface area contributed by atoms with Gasteiger partial charge in [0.15, 0.2) is 0 Å². The maximum Gasteiger partial charge on any atom is 0.433 e. The molecule has 1 aliphatic rings. The third kappa shape index (κ3) is 4.73. The molecule has 0 radical (unpaired) electrons. The molecule has 1 aliphatic heterocycles. The molecule has 0 bridgehead atoms. The van der Waals surface area contributed by atoms with E-state index in [1.165, 1.54) is 29.2 Å². The molecule has 0 unspecified atom stereocenters. The Morgan fingerprint density at radius 1 is 1.04 bits per heavy atom. The molecule has 1 saturated heterocycles. The molecule has 0 N–H and O–H groups in total. The number of nitrogens with zero attached hydrogens (tertiary/aromatic N) is 2. The van der Waals surface area contributed by atoms with Crippen LogP contribution < -0.4 is 4.74 Å². The van der Waals surface area contributed by atoms with Gasteiger partial charge in [0.25, 0.3) is 0 Å². The summed E-state index contributed by atoms with van der Waals surface area (Å²) in [4.78, 5) is 16.9. The summed E-state index contributed by atoms with van der Waals surface area (Å²) in [5.41, 5.74) is -1.69. The number of aromatic nitrogens is 1. The number of pyridine rings is 1. The minimum Gasteiger partial charge on any atom is -0.471 e. The third-order valence-corrected chi connectivity index (χ3v) is 4.11. The first kappa shape index (κ1) is 20.0. The van der Waals surface area contributed by atoms with Gasteiger partial charge in [0.05, 0.1) is 25.1 Å². The van der Waals surface area contributed by atoms with Crippen molar-refractivity contribution in [1.82, 2.24) is 9.88 Å². The standard InChI is InChI=1S/C18H14F6N2O2/c19-17(20,21)12-4-1-3-11(7-12)8-16(27)26-9-13(10-26)28-15-6-2-5-14(25-15)18(22,23)24/h1-7,13H,8-10H2. The lowest BCUT2D eigenvalue weighted by Crippen LogP contribution is -2.56. The maximum absolute atomic E-state index is 12.7. The van der Waals surface area contributed by atoms with Crippen molar-refractivity contribution in [2.45, 2.75) is 24.9 Å². The molecule has 28 heavy (non-hydrogen) atoms. The van der Waals surface area contributed by atoms with E-state index in [1.807, 2.05) is 0 Å². The topological polar surface area (TPSA) is 42.4 Å². The van der Waals surface area contributed by atoms with Crippen molar-refractivity contribution in [2.24, 2.45) is 0 Å². The van der Waals surface area contributed by atoms with Gasteiger partial charge in [-0.15, -0.1) is 0 Å². The van der Waals surface area contributed by atoms with Crippen molar-refractivity contribution in [3.8, 4) is 5.88 Å². The molecule has 0 aliphatic carbocycles. The average molecular weight is 404 g/mol. The third-order valence-electron chi connectivity index (χ3n) is 4.11. The number of halogens is 6. The molecule has 1 amide bonds. The number of alkyl halides is 6. The van der Waals surface area contributed by atoms with Crippen LogP contribution in [0.1, 0.15) is 16.8 Å².